The van der Waals surface area contributed by atoms with Crippen LogP contribution in [0.25, 0.3) is 5.57 Å². The molecule has 1 aliphatic heterocycles. The van der Waals surface area contributed by atoms with Crippen LogP contribution in [-0.2, 0) is 6.42 Å². The third-order valence-corrected chi connectivity index (χ3v) is 7.63. The SMILES string of the molecule is CCC/C(=C\C=NC)c1cc(C)ccc1OC1c2ccccc2CC1N1CCC(CCC)CC1. The molecule has 1 fully saturated rings. The Bertz CT molecular complexity index is 1000. The smallest absolute Gasteiger partial charge is 0.140 e. The summed E-state index contributed by atoms with van der Waals surface area (Å²) in [6.45, 7) is 9.10. The minimum atomic E-state index is 0.0723. The molecule has 2 aromatic carbocycles. The second kappa shape index (κ2) is 11.8. The van der Waals surface area contributed by atoms with E-state index in [1.807, 2.05) is 13.3 Å². The van der Waals surface area contributed by atoms with Gasteiger partial charge in [-0.1, -0.05) is 69.0 Å². The molecule has 0 bridgehead atoms. The highest BCUT2D eigenvalue weighted by Crippen LogP contribution is 2.41. The van der Waals surface area contributed by atoms with E-state index in [-0.39, 0.29) is 6.10 Å². The summed E-state index contributed by atoms with van der Waals surface area (Å²) in [5, 5.41) is 0. The first-order chi connectivity index (χ1) is 16.6. The second-order valence-electron chi connectivity index (χ2n) is 10.1. The molecule has 0 spiro atoms. The van der Waals surface area contributed by atoms with Gasteiger partial charge in [0.25, 0.3) is 0 Å². The maximum absolute atomic E-state index is 7.01. The van der Waals surface area contributed by atoms with E-state index < -0.39 is 0 Å². The number of likely N-dealkylation sites (tertiary alicyclic amines) is 1. The predicted molar refractivity (Wildman–Crippen MR) is 145 cm³/mol. The highest BCUT2D eigenvalue weighted by atomic mass is 16.5. The summed E-state index contributed by atoms with van der Waals surface area (Å²) in [6.07, 6.45) is 12.7. The molecule has 2 atom stereocenters. The van der Waals surface area contributed by atoms with E-state index in [9.17, 15) is 0 Å². The van der Waals surface area contributed by atoms with Crippen LogP contribution in [0, 0.1) is 12.8 Å². The Morgan fingerprint density at radius 1 is 1.09 bits per heavy atom. The maximum atomic E-state index is 7.01. The van der Waals surface area contributed by atoms with Gasteiger partial charge in [0.2, 0.25) is 0 Å². The summed E-state index contributed by atoms with van der Waals surface area (Å²) >= 11 is 0. The highest BCUT2D eigenvalue weighted by molar-refractivity contribution is 5.86. The van der Waals surface area contributed by atoms with Crippen LogP contribution in [0.5, 0.6) is 5.75 Å². The topological polar surface area (TPSA) is 24.8 Å². The molecule has 3 heteroatoms. The van der Waals surface area contributed by atoms with Crippen LogP contribution in [0.2, 0.25) is 0 Å². The van der Waals surface area contributed by atoms with Gasteiger partial charge >= 0.3 is 0 Å². The van der Waals surface area contributed by atoms with Crippen LogP contribution < -0.4 is 4.74 Å². The lowest BCUT2D eigenvalue weighted by atomic mass is 9.91. The number of ether oxygens (including phenoxy) is 1. The first kappa shape index (κ1) is 24.7. The molecule has 2 aromatic rings. The van der Waals surface area contributed by atoms with E-state index >= 15 is 0 Å². The molecule has 1 heterocycles. The Labute approximate surface area is 206 Å². The molecule has 2 aliphatic rings. The van der Waals surface area contributed by atoms with Crippen molar-refractivity contribution in [2.24, 2.45) is 10.9 Å². The summed E-state index contributed by atoms with van der Waals surface area (Å²) in [6, 6.07) is 16.0. The fourth-order valence-electron chi connectivity index (χ4n) is 5.86. The van der Waals surface area contributed by atoms with E-state index in [0.717, 1.165) is 30.9 Å². The van der Waals surface area contributed by atoms with Crippen molar-refractivity contribution < 1.29 is 4.74 Å². The molecule has 1 aliphatic carbocycles. The molecule has 3 nitrogen and oxygen atoms in total. The first-order valence-electron chi connectivity index (χ1n) is 13.3. The molecule has 0 aromatic heterocycles. The third-order valence-electron chi connectivity index (χ3n) is 7.63. The van der Waals surface area contributed by atoms with Crippen LogP contribution in [0.1, 0.15) is 80.7 Å². The number of benzene rings is 2. The molecule has 1 saturated heterocycles. The minimum absolute atomic E-state index is 0.0723. The lowest BCUT2D eigenvalue weighted by Crippen LogP contribution is -2.44. The molecule has 182 valence electrons. The highest BCUT2D eigenvalue weighted by Gasteiger charge is 2.39. The van der Waals surface area contributed by atoms with E-state index in [2.05, 4.69) is 79.2 Å². The quantitative estimate of drug-likeness (QED) is 0.365. The summed E-state index contributed by atoms with van der Waals surface area (Å²) < 4.78 is 7.01. The van der Waals surface area contributed by atoms with Gasteiger partial charge in [0.1, 0.15) is 11.9 Å². The van der Waals surface area contributed by atoms with Gasteiger partial charge in [-0.2, -0.15) is 0 Å². The lowest BCUT2D eigenvalue weighted by Gasteiger charge is -2.38. The normalized spacial score (nSPS) is 21.8. The zero-order valence-corrected chi connectivity index (χ0v) is 21.6. The number of hydrogen-bond acceptors (Lipinski definition) is 3. The van der Waals surface area contributed by atoms with Crippen molar-refractivity contribution in [3.8, 4) is 5.75 Å². The van der Waals surface area contributed by atoms with Crippen LogP contribution >= 0.6 is 0 Å². The average Bonchev–Trinajstić information content (AvgIpc) is 3.22. The summed E-state index contributed by atoms with van der Waals surface area (Å²) in [5.41, 5.74) is 6.59. The number of nitrogens with zero attached hydrogens (tertiary/aromatic N) is 2. The molecule has 34 heavy (non-hydrogen) atoms. The summed E-state index contributed by atoms with van der Waals surface area (Å²) in [7, 11) is 1.83. The zero-order chi connectivity index (χ0) is 23.9. The van der Waals surface area contributed by atoms with Gasteiger partial charge in [0.05, 0.1) is 6.04 Å². The van der Waals surface area contributed by atoms with Crippen molar-refractivity contribution in [3.05, 3.63) is 70.8 Å². The Kier molecular flexibility index (Phi) is 8.61. The Morgan fingerprint density at radius 2 is 1.88 bits per heavy atom. The average molecular weight is 459 g/mol. The maximum Gasteiger partial charge on any atom is 0.140 e. The monoisotopic (exact) mass is 458 g/mol. The fourth-order valence-corrected chi connectivity index (χ4v) is 5.86. The van der Waals surface area contributed by atoms with Gasteiger partial charge in [-0.15, -0.1) is 0 Å². The van der Waals surface area contributed by atoms with E-state index in [0.29, 0.717) is 6.04 Å². The van der Waals surface area contributed by atoms with Crippen molar-refractivity contribution in [1.29, 1.82) is 0 Å². The zero-order valence-electron chi connectivity index (χ0n) is 21.6. The molecule has 0 saturated carbocycles. The molecule has 0 radical (unpaired) electrons. The van der Waals surface area contributed by atoms with Gasteiger partial charge in [-0.3, -0.25) is 9.89 Å². The molecule has 4 rings (SSSR count). The second-order valence-corrected chi connectivity index (χ2v) is 10.1. The van der Waals surface area contributed by atoms with Crippen LogP contribution in [-0.4, -0.2) is 37.3 Å². The van der Waals surface area contributed by atoms with Crippen LogP contribution in [0.4, 0.5) is 0 Å². The predicted octanol–water partition coefficient (Wildman–Crippen LogP) is 7.44. The molecule has 2 unspecified atom stereocenters. The number of fused-ring (bicyclic) bond motifs is 1. The van der Waals surface area contributed by atoms with Crippen molar-refractivity contribution in [2.75, 3.05) is 20.1 Å². The first-order valence-corrected chi connectivity index (χ1v) is 13.3. The van der Waals surface area contributed by atoms with Gasteiger partial charge < -0.3 is 4.74 Å². The molecule has 0 N–H and O–H groups in total. The molecular weight excluding hydrogens is 416 g/mol. The van der Waals surface area contributed by atoms with Gasteiger partial charge in [0, 0.05) is 18.8 Å². The largest absolute Gasteiger partial charge is 0.483 e. The van der Waals surface area contributed by atoms with Gasteiger partial charge in [0.15, 0.2) is 0 Å². The van der Waals surface area contributed by atoms with Crippen molar-refractivity contribution in [3.63, 3.8) is 0 Å². The molecule has 0 amide bonds. The van der Waals surface area contributed by atoms with Crippen molar-refractivity contribution >= 4 is 11.8 Å². The van der Waals surface area contributed by atoms with Gasteiger partial charge in [-0.05, 0) is 86.5 Å². The van der Waals surface area contributed by atoms with Crippen LogP contribution in [0.15, 0.2) is 53.5 Å². The van der Waals surface area contributed by atoms with E-state index in [1.54, 1.807) is 0 Å². The number of rotatable bonds is 9. The minimum Gasteiger partial charge on any atom is -0.483 e. The standard InChI is InChI=1S/C31H42N2O/c1-5-9-24-16-19-33(20-17-24)29-22-26-11-7-8-12-27(26)31(29)34-30-14-13-23(3)21-28(30)25(10-6-2)15-18-32-4/h7-8,11-15,18,21,24,29,31H,5-6,9-10,16-17,19-20,22H2,1-4H3/b25-15+,32-18?. The van der Waals surface area contributed by atoms with E-state index in [4.69, 9.17) is 4.74 Å². The summed E-state index contributed by atoms with van der Waals surface area (Å²) in [4.78, 5) is 6.93. The number of allylic oxidation sites excluding steroid dienone is 2. The van der Waals surface area contributed by atoms with Gasteiger partial charge in [-0.25, -0.2) is 0 Å². The van der Waals surface area contributed by atoms with Crippen molar-refractivity contribution in [2.45, 2.75) is 77.9 Å². The van der Waals surface area contributed by atoms with E-state index in [1.165, 1.54) is 66.6 Å². The summed E-state index contributed by atoms with van der Waals surface area (Å²) in [5.74, 6) is 1.90. The van der Waals surface area contributed by atoms with Crippen LogP contribution in [0.3, 0.4) is 0 Å². The Morgan fingerprint density at radius 3 is 2.62 bits per heavy atom. The lowest BCUT2D eigenvalue weighted by molar-refractivity contribution is 0.0515. The number of aryl methyl sites for hydroxylation is 1. The number of piperidine rings is 1. The van der Waals surface area contributed by atoms with Crippen molar-refractivity contribution in [1.82, 2.24) is 4.90 Å². The Balaban J connectivity index is 1.64. The molecular formula is C31H42N2O. The number of aliphatic imine (C=N–C) groups is 1. The Hall–Kier alpha value is -2.39. The third kappa shape index (κ3) is 5.63. The number of hydrogen-bond donors (Lipinski definition) is 0. The fraction of sp³-hybridized carbons (Fsp3) is 0.516.